The Hall–Kier alpha value is -1.05. The molecule has 11 heteroatoms. The Morgan fingerprint density at radius 3 is 2.50 bits per heavy atom. The van der Waals surface area contributed by atoms with E-state index >= 15 is 0 Å². The van der Waals surface area contributed by atoms with E-state index in [0.717, 1.165) is 0 Å². The van der Waals surface area contributed by atoms with Crippen molar-refractivity contribution in [2.75, 3.05) is 6.61 Å². The minimum atomic E-state index is -2.46. The minimum Gasteiger partial charge on any atom is -0.393 e. The van der Waals surface area contributed by atoms with Crippen molar-refractivity contribution >= 4 is 5.96 Å². The van der Waals surface area contributed by atoms with Crippen LogP contribution in [-0.4, -0.2) is 85.8 Å². The lowest BCUT2D eigenvalue weighted by Gasteiger charge is -2.71. The SMILES string of the molecule is NC1=N[C@@H](N)[C@H]2[C@H]3O[C@]4(O)O[C@H]([C@H](O)C2(N1)[C@@H]4O)[C@]3(O)CO. The molecule has 124 valence electrons. The molecule has 4 heterocycles. The quantitative estimate of drug-likeness (QED) is 0.231. The Balaban J connectivity index is 1.95. The fraction of sp³-hybridized carbons (Fsp3) is 0.909. The highest BCUT2D eigenvalue weighted by molar-refractivity contribution is 5.80. The number of nitrogens with two attached hydrogens (primary N) is 2. The monoisotopic (exact) mass is 318 g/mol. The zero-order valence-electron chi connectivity index (χ0n) is 11.3. The van der Waals surface area contributed by atoms with E-state index in [1.54, 1.807) is 0 Å². The summed E-state index contributed by atoms with van der Waals surface area (Å²) in [6, 6.07) is 0. The van der Waals surface area contributed by atoms with E-state index in [1.165, 1.54) is 0 Å². The fourth-order valence-electron chi connectivity index (χ4n) is 4.31. The van der Waals surface area contributed by atoms with Crippen molar-refractivity contribution in [3.63, 3.8) is 0 Å². The normalized spacial score (nSPS) is 62.4. The van der Waals surface area contributed by atoms with Gasteiger partial charge in [0, 0.05) is 0 Å². The summed E-state index contributed by atoms with van der Waals surface area (Å²) in [5.41, 5.74) is 7.96. The second-order valence-corrected chi connectivity index (χ2v) is 6.29. The van der Waals surface area contributed by atoms with Crippen LogP contribution in [0.2, 0.25) is 0 Å². The van der Waals surface area contributed by atoms with Gasteiger partial charge in [0.1, 0.15) is 35.6 Å². The predicted octanol–water partition coefficient (Wildman–Crippen LogP) is -5.55. The highest BCUT2D eigenvalue weighted by atomic mass is 16.9. The smallest absolute Gasteiger partial charge is 0.311 e. The average Bonchev–Trinajstić information content (AvgIpc) is 2.45. The van der Waals surface area contributed by atoms with Gasteiger partial charge in [-0.25, -0.2) is 4.99 Å². The second kappa shape index (κ2) is 3.88. The number of hydrogen-bond acceptors (Lipinski definition) is 11. The van der Waals surface area contributed by atoms with Gasteiger partial charge in [-0.2, -0.15) is 0 Å². The van der Waals surface area contributed by atoms with Crippen molar-refractivity contribution in [2.24, 2.45) is 22.4 Å². The third kappa shape index (κ3) is 1.28. The van der Waals surface area contributed by atoms with Gasteiger partial charge in [0.15, 0.2) is 12.1 Å². The maximum atomic E-state index is 10.7. The molecule has 0 aromatic carbocycles. The van der Waals surface area contributed by atoms with Gasteiger partial charge in [-0.1, -0.05) is 0 Å². The molecule has 10 N–H and O–H groups in total. The lowest BCUT2D eigenvalue weighted by molar-refractivity contribution is -0.546. The lowest BCUT2D eigenvalue weighted by atomic mass is 9.55. The fourth-order valence-corrected chi connectivity index (χ4v) is 4.31. The van der Waals surface area contributed by atoms with Gasteiger partial charge >= 0.3 is 5.97 Å². The van der Waals surface area contributed by atoms with Crippen molar-refractivity contribution in [1.29, 1.82) is 0 Å². The molecule has 4 bridgehead atoms. The van der Waals surface area contributed by atoms with Crippen LogP contribution in [0.4, 0.5) is 0 Å². The summed E-state index contributed by atoms with van der Waals surface area (Å²) in [6.45, 7) is -0.802. The molecule has 1 unspecified atom stereocenters. The summed E-state index contributed by atoms with van der Waals surface area (Å²) < 4.78 is 10.4. The van der Waals surface area contributed by atoms with Gasteiger partial charge in [-0.05, 0) is 0 Å². The van der Waals surface area contributed by atoms with Gasteiger partial charge in [0.05, 0.1) is 12.5 Å². The van der Waals surface area contributed by atoms with E-state index in [-0.39, 0.29) is 5.96 Å². The van der Waals surface area contributed by atoms with Gasteiger partial charge in [0.2, 0.25) is 0 Å². The van der Waals surface area contributed by atoms with Crippen molar-refractivity contribution < 1.29 is 35.0 Å². The first kappa shape index (κ1) is 14.5. The Bertz CT molecular complexity index is 563. The molecule has 1 spiro atoms. The van der Waals surface area contributed by atoms with Gasteiger partial charge in [-0.15, -0.1) is 0 Å². The molecule has 0 aromatic rings. The number of nitrogens with zero attached hydrogens (tertiary/aromatic N) is 1. The summed E-state index contributed by atoms with van der Waals surface area (Å²) in [5.74, 6) is -3.54. The number of aliphatic hydroxyl groups excluding tert-OH is 3. The Morgan fingerprint density at radius 1 is 1.23 bits per heavy atom. The summed E-state index contributed by atoms with van der Waals surface area (Å²) >= 11 is 0. The number of ether oxygens (including phenoxy) is 2. The van der Waals surface area contributed by atoms with Crippen LogP contribution < -0.4 is 16.8 Å². The number of aliphatic imine (C=N–C) groups is 1. The first-order valence-corrected chi connectivity index (χ1v) is 6.85. The zero-order chi connectivity index (χ0) is 16.1. The topological polar surface area (TPSA) is 196 Å². The Morgan fingerprint density at radius 2 is 1.86 bits per heavy atom. The molecular formula is C11H18N4O7. The second-order valence-electron chi connectivity index (χ2n) is 6.29. The van der Waals surface area contributed by atoms with E-state index in [0.29, 0.717) is 0 Å². The van der Waals surface area contributed by atoms with Crippen molar-refractivity contribution in [3.05, 3.63) is 0 Å². The Kier molecular flexibility index (Phi) is 2.57. The van der Waals surface area contributed by atoms with Crippen LogP contribution in [0.25, 0.3) is 0 Å². The van der Waals surface area contributed by atoms with Crippen molar-refractivity contribution in [1.82, 2.24) is 5.32 Å². The van der Waals surface area contributed by atoms with E-state index in [4.69, 9.17) is 20.9 Å². The van der Waals surface area contributed by atoms with Crippen LogP contribution in [0.5, 0.6) is 0 Å². The molecule has 1 saturated carbocycles. The molecular weight excluding hydrogens is 300 g/mol. The molecule has 4 aliphatic heterocycles. The van der Waals surface area contributed by atoms with E-state index < -0.39 is 60.2 Å². The summed E-state index contributed by atoms with van der Waals surface area (Å²) in [4.78, 5) is 3.92. The molecule has 0 amide bonds. The van der Waals surface area contributed by atoms with Crippen LogP contribution in [0.1, 0.15) is 0 Å². The van der Waals surface area contributed by atoms with Crippen LogP contribution in [0.3, 0.4) is 0 Å². The van der Waals surface area contributed by atoms with Crippen LogP contribution in [0, 0.1) is 5.92 Å². The summed E-state index contributed by atoms with van der Waals surface area (Å²) in [5, 5.41) is 54.4. The molecule has 5 rings (SSSR count). The standard InChI is InChI=1S/C11H18N4O7/c12-6-2-4-9(19,1-16)5-3(17)10(2,15-8(13)14-6)7(18)11(20,21-4)22-5/h2-7,16-20H,1,12H2,(H3,13,14,15)/t2-,3+,4-,5-,6-,7+,9+,10?,11+/m1/s1. The number of aliphatic hydroxyl groups is 5. The highest BCUT2D eigenvalue weighted by Crippen LogP contribution is 2.58. The van der Waals surface area contributed by atoms with Crippen molar-refractivity contribution in [3.8, 4) is 0 Å². The summed E-state index contributed by atoms with van der Waals surface area (Å²) in [7, 11) is 0. The van der Waals surface area contributed by atoms with E-state index in [9.17, 15) is 25.5 Å². The number of rotatable bonds is 1. The molecule has 4 fully saturated rings. The number of hydrogen-bond donors (Lipinski definition) is 8. The largest absolute Gasteiger partial charge is 0.393 e. The number of nitrogens with one attached hydrogen (secondary N) is 1. The average molecular weight is 318 g/mol. The van der Waals surface area contributed by atoms with Crippen LogP contribution in [0.15, 0.2) is 4.99 Å². The molecule has 22 heavy (non-hydrogen) atoms. The van der Waals surface area contributed by atoms with Crippen LogP contribution >= 0.6 is 0 Å². The molecule has 0 aromatic heterocycles. The molecule has 11 nitrogen and oxygen atoms in total. The zero-order valence-corrected chi connectivity index (χ0v) is 11.3. The Labute approximate surface area is 124 Å². The third-order valence-corrected chi connectivity index (χ3v) is 5.28. The van der Waals surface area contributed by atoms with Gasteiger partial charge < -0.3 is 51.8 Å². The predicted molar refractivity (Wildman–Crippen MR) is 67.7 cm³/mol. The maximum absolute atomic E-state index is 10.7. The molecule has 1 aliphatic carbocycles. The van der Waals surface area contributed by atoms with Gasteiger partial charge in [0.25, 0.3) is 0 Å². The van der Waals surface area contributed by atoms with E-state index in [1.807, 2.05) is 0 Å². The molecule has 0 radical (unpaired) electrons. The van der Waals surface area contributed by atoms with Crippen molar-refractivity contribution in [2.45, 2.75) is 47.7 Å². The maximum Gasteiger partial charge on any atom is 0.311 e. The van der Waals surface area contributed by atoms with Gasteiger partial charge in [-0.3, -0.25) is 0 Å². The molecule has 9 atom stereocenters. The lowest BCUT2D eigenvalue weighted by Crippen LogP contribution is -2.95. The first-order valence-electron chi connectivity index (χ1n) is 6.85. The van der Waals surface area contributed by atoms with Crippen LogP contribution in [-0.2, 0) is 9.47 Å². The third-order valence-electron chi connectivity index (χ3n) is 5.28. The molecule has 5 aliphatic rings. The summed E-state index contributed by atoms with van der Waals surface area (Å²) in [6.07, 6.45) is -6.93. The highest BCUT2D eigenvalue weighted by Gasteiger charge is 2.82. The minimum absolute atomic E-state index is 0.125. The van der Waals surface area contributed by atoms with E-state index in [2.05, 4.69) is 10.3 Å². The number of guanidine groups is 1. The molecule has 3 saturated heterocycles. The first-order chi connectivity index (χ1) is 10.2.